The zero-order chi connectivity index (χ0) is 15.5. The van der Waals surface area contributed by atoms with Crippen molar-refractivity contribution in [2.45, 2.75) is 19.1 Å². The maximum Gasteiger partial charge on any atom is 0.339 e. The van der Waals surface area contributed by atoms with Gasteiger partial charge in [0.25, 0.3) is 0 Å². The number of fused-ring (bicyclic) bond motifs is 1. The van der Waals surface area contributed by atoms with Gasteiger partial charge in [-0.1, -0.05) is 36.4 Å². The Bertz CT molecular complexity index is 729. The number of hydrogen-bond donors (Lipinski definition) is 1. The van der Waals surface area contributed by atoms with Crippen LogP contribution in [0.5, 0.6) is 0 Å². The summed E-state index contributed by atoms with van der Waals surface area (Å²) in [6.07, 6.45) is -0.554. The second-order valence-electron chi connectivity index (χ2n) is 5.05. The van der Waals surface area contributed by atoms with E-state index in [1.807, 2.05) is 0 Å². The van der Waals surface area contributed by atoms with E-state index in [0.29, 0.717) is 16.7 Å². The molecule has 0 saturated carbocycles. The standard InChI is InChI=1S/C17H14FNO3/c18-14-8-4-1-5-11(14)10-19-16(20)9-15-12-6-2-3-7-13(12)17(21)22-15/h1-8,15H,9-10H2,(H,19,20). The zero-order valence-corrected chi connectivity index (χ0v) is 11.7. The first kappa shape index (κ1) is 14.3. The predicted molar refractivity (Wildman–Crippen MR) is 77.5 cm³/mol. The first-order valence-electron chi connectivity index (χ1n) is 6.95. The predicted octanol–water partition coefficient (Wildman–Crippen LogP) is 2.74. The quantitative estimate of drug-likeness (QED) is 0.883. The zero-order valence-electron chi connectivity index (χ0n) is 11.7. The highest BCUT2D eigenvalue weighted by Crippen LogP contribution is 2.32. The fourth-order valence-electron chi connectivity index (χ4n) is 2.45. The first-order chi connectivity index (χ1) is 10.6. The minimum atomic E-state index is -0.579. The summed E-state index contributed by atoms with van der Waals surface area (Å²) in [7, 11) is 0. The first-order valence-corrected chi connectivity index (χ1v) is 6.95. The molecule has 3 rings (SSSR count). The molecule has 0 bridgehead atoms. The third-order valence-electron chi connectivity index (χ3n) is 3.58. The Morgan fingerprint density at radius 3 is 2.68 bits per heavy atom. The molecule has 4 nitrogen and oxygen atoms in total. The fourth-order valence-corrected chi connectivity index (χ4v) is 2.45. The third-order valence-corrected chi connectivity index (χ3v) is 3.58. The van der Waals surface area contributed by atoms with Crippen LogP contribution in [-0.2, 0) is 16.1 Å². The summed E-state index contributed by atoms with van der Waals surface area (Å²) in [5.74, 6) is -1.07. The van der Waals surface area contributed by atoms with Crippen molar-refractivity contribution in [3.63, 3.8) is 0 Å². The third kappa shape index (κ3) is 2.83. The highest BCUT2D eigenvalue weighted by Gasteiger charge is 2.31. The van der Waals surface area contributed by atoms with Gasteiger partial charge in [-0.05, 0) is 12.1 Å². The van der Waals surface area contributed by atoms with Gasteiger partial charge in [0.2, 0.25) is 5.91 Å². The summed E-state index contributed by atoms with van der Waals surface area (Å²) in [5, 5.41) is 2.64. The Morgan fingerprint density at radius 1 is 1.14 bits per heavy atom. The van der Waals surface area contributed by atoms with Crippen LogP contribution in [-0.4, -0.2) is 11.9 Å². The minimum Gasteiger partial charge on any atom is -0.453 e. The average molecular weight is 299 g/mol. The summed E-state index contributed by atoms with van der Waals surface area (Å²) >= 11 is 0. The van der Waals surface area contributed by atoms with E-state index in [-0.39, 0.29) is 24.7 Å². The molecule has 5 heteroatoms. The molecule has 1 N–H and O–H groups in total. The van der Waals surface area contributed by atoms with Crippen molar-refractivity contribution >= 4 is 11.9 Å². The van der Waals surface area contributed by atoms with Crippen molar-refractivity contribution < 1.29 is 18.7 Å². The molecule has 112 valence electrons. The van der Waals surface area contributed by atoms with E-state index in [1.54, 1.807) is 42.5 Å². The number of carbonyl (C=O) groups is 2. The number of ether oxygens (including phenoxy) is 1. The molecule has 0 radical (unpaired) electrons. The maximum atomic E-state index is 13.5. The van der Waals surface area contributed by atoms with Crippen molar-refractivity contribution in [2.75, 3.05) is 0 Å². The second kappa shape index (κ2) is 5.97. The summed E-state index contributed by atoms with van der Waals surface area (Å²) in [6.45, 7) is 0.105. The van der Waals surface area contributed by atoms with Crippen LogP contribution in [0.3, 0.4) is 0 Å². The van der Waals surface area contributed by atoms with Gasteiger partial charge in [-0.25, -0.2) is 9.18 Å². The van der Waals surface area contributed by atoms with E-state index in [4.69, 9.17) is 4.74 Å². The fraction of sp³-hybridized carbons (Fsp3) is 0.176. The number of halogens is 1. The van der Waals surface area contributed by atoms with Crippen LogP contribution in [0.15, 0.2) is 48.5 Å². The van der Waals surface area contributed by atoms with Crippen molar-refractivity contribution in [3.05, 3.63) is 71.0 Å². The average Bonchev–Trinajstić information content (AvgIpc) is 2.83. The van der Waals surface area contributed by atoms with Crippen molar-refractivity contribution in [1.82, 2.24) is 5.32 Å². The molecular weight excluding hydrogens is 285 g/mol. The topological polar surface area (TPSA) is 55.4 Å². The number of benzene rings is 2. The minimum absolute atomic E-state index is 0.0250. The molecular formula is C17H14FNO3. The molecule has 0 spiro atoms. The van der Waals surface area contributed by atoms with Crippen LogP contribution in [0.1, 0.15) is 34.0 Å². The van der Waals surface area contributed by atoms with Crippen molar-refractivity contribution in [2.24, 2.45) is 0 Å². The number of esters is 1. The summed E-state index contributed by atoms with van der Waals surface area (Å²) in [6, 6.07) is 13.3. The Morgan fingerprint density at radius 2 is 1.86 bits per heavy atom. The van der Waals surface area contributed by atoms with Crippen LogP contribution in [0.4, 0.5) is 4.39 Å². The number of carbonyl (C=O) groups excluding carboxylic acids is 2. The van der Waals surface area contributed by atoms with Gasteiger partial charge in [0.1, 0.15) is 11.9 Å². The molecule has 0 aliphatic carbocycles. The van der Waals surface area contributed by atoms with Gasteiger partial charge in [0, 0.05) is 17.7 Å². The van der Waals surface area contributed by atoms with Gasteiger partial charge < -0.3 is 10.1 Å². The number of hydrogen-bond acceptors (Lipinski definition) is 3. The number of rotatable bonds is 4. The van der Waals surface area contributed by atoms with E-state index < -0.39 is 12.1 Å². The number of amides is 1. The highest BCUT2D eigenvalue weighted by atomic mass is 19.1. The SMILES string of the molecule is O=C(CC1OC(=O)c2ccccc21)NCc1ccccc1F. The lowest BCUT2D eigenvalue weighted by atomic mass is 10.0. The molecule has 1 heterocycles. The van der Waals surface area contributed by atoms with E-state index in [0.717, 1.165) is 0 Å². The number of cyclic esters (lactones) is 1. The van der Waals surface area contributed by atoms with Crippen molar-refractivity contribution in [1.29, 1.82) is 0 Å². The molecule has 0 fully saturated rings. The van der Waals surface area contributed by atoms with Crippen molar-refractivity contribution in [3.8, 4) is 0 Å². The molecule has 1 aliphatic heterocycles. The monoisotopic (exact) mass is 299 g/mol. The molecule has 1 amide bonds. The molecule has 1 aliphatic rings. The van der Waals surface area contributed by atoms with E-state index >= 15 is 0 Å². The lowest BCUT2D eigenvalue weighted by Crippen LogP contribution is -2.25. The largest absolute Gasteiger partial charge is 0.453 e. The van der Waals surface area contributed by atoms with Gasteiger partial charge in [0.05, 0.1) is 12.0 Å². The van der Waals surface area contributed by atoms with E-state index in [1.165, 1.54) is 6.07 Å². The van der Waals surface area contributed by atoms with Crippen LogP contribution < -0.4 is 5.32 Å². The molecule has 1 unspecified atom stereocenters. The summed E-state index contributed by atoms with van der Waals surface area (Å²) < 4.78 is 18.7. The Kier molecular flexibility index (Phi) is 3.87. The number of nitrogens with one attached hydrogen (secondary N) is 1. The lowest BCUT2D eigenvalue weighted by molar-refractivity contribution is -0.123. The smallest absolute Gasteiger partial charge is 0.339 e. The summed E-state index contributed by atoms with van der Waals surface area (Å²) in [4.78, 5) is 23.7. The van der Waals surface area contributed by atoms with Gasteiger partial charge in [-0.2, -0.15) is 0 Å². The van der Waals surface area contributed by atoms with Crippen LogP contribution in [0.25, 0.3) is 0 Å². The molecule has 2 aromatic carbocycles. The molecule has 0 saturated heterocycles. The maximum absolute atomic E-state index is 13.5. The molecule has 0 aromatic heterocycles. The van der Waals surface area contributed by atoms with E-state index in [2.05, 4.69) is 5.32 Å². The summed E-state index contributed by atoms with van der Waals surface area (Å²) in [5.41, 5.74) is 1.63. The van der Waals surface area contributed by atoms with Gasteiger partial charge in [0.15, 0.2) is 0 Å². The van der Waals surface area contributed by atoms with Gasteiger partial charge in [-0.3, -0.25) is 4.79 Å². The Labute approximate surface area is 126 Å². The molecule has 2 aromatic rings. The van der Waals surface area contributed by atoms with Crippen LogP contribution >= 0.6 is 0 Å². The van der Waals surface area contributed by atoms with Gasteiger partial charge >= 0.3 is 5.97 Å². The van der Waals surface area contributed by atoms with Crippen LogP contribution in [0, 0.1) is 5.82 Å². The highest BCUT2D eigenvalue weighted by molar-refractivity contribution is 5.94. The lowest BCUT2D eigenvalue weighted by Gasteiger charge is -2.11. The molecule has 22 heavy (non-hydrogen) atoms. The van der Waals surface area contributed by atoms with Crippen LogP contribution in [0.2, 0.25) is 0 Å². The normalized spacial score (nSPS) is 16.0. The van der Waals surface area contributed by atoms with Gasteiger partial charge in [-0.15, -0.1) is 0 Å². The molecule has 1 atom stereocenters. The van der Waals surface area contributed by atoms with E-state index in [9.17, 15) is 14.0 Å². The Balaban J connectivity index is 1.62. The second-order valence-corrected chi connectivity index (χ2v) is 5.05. The Hall–Kier alpha value is -2.69.